The summed E-state index contributed by atoms with van der Waals surface area (Å²) in [6, 6.07) is 11.3. The second-order valence-electron chi connectivity index (χ2n) is 4.64. The van der Waals surface area contributed by atoms with E-state index in [1.807, 2.05) is 6.07 Å². The molecule has 1 aromatic carbocycles. The zero-order valence-electron chi connectivity index (χ0n) is 11.9. The molecule has 110 valence electrons. The quantitative estimate of drug-likeness (QED) is 0.859. The van der Waals surface area contributed by atoms with E-state index in [2.05, 4.69) is 22.5 Å². The lowest BCUT2D eigenvalue weighted by Gasteiger charge is -2.07. The molecule has 0 saturated heterocycles. The Kier molecular flexibility index (Phi) is 5.26. The Morgan fingerprint density at radius 3 is 2.67 bits per heavy atom. The van der Waals surface area contributed by atoms with Gasteiger partial charge in [0.15, 0.2) is 0 Å². The van der Waals surface area contributed by atoms with E-state index in [4.69, 9.17) is 0 Å². The molecule has 0 fully saturated rings. The number of carbonyl (C=O) groups excluding carboxylic acids is 1. The van der Waals surface area contributed by atoms with Crippen molar-refractivity contribution < 1.29 is 9.18 Å². The number of pyridine rings is 1. The number of nitrogens with one attached hydrogen (secondary N) is 2. The van der Waals surface area contributed by atoms with Crippen molar-refractivity contribution in [1.82, 2.24) is 10.3 Å². The molecule has 0 spiro atoms. The Labute approximate surface area is 123 Å². The molecule has 0 aliphatic carbocycles. The molecular formula is C16H18FN3O. The highest BCUT2D eigenvalue weighted by Crippen LogP contribution is 2.06. The summed E-state index contributed by atoms with van der Waals surface area (Å²) in [6.07, 6.45) is 0.989. The minimum atomic E-state index is -0.290. The molecule has 2 N–H and O–H groups in total. The van der Waals surface area contributed by atoms with Gasteiger partial charge in [0.05, 0.1) is 0 Å². The van der Waals surface area contributed by atoms with Crippen LogP contribution in [-0.4, -0.2) is 17.4 Å². The average Bonchev–Trinajstić information content (AvgIpc) is 2.52. The van der Waals surface area contributed by atoms with E-state index in [0.29, 0.717) is 18.1 Å². The molecule has 1 aromatic heterocycles. The third kappa shape index (κ3) is 4.56. The molecule has 0 saturated carbocycles. The minimum absolute atomic E-state index is 0.250. The molecule has 5 heteroatoms. The lowest BCUT2D eigenvalue weighted by molar-refractivity contribution is 0.0946. The fourth-order valence-electron chi connectivity index (χ4n) is 1.79. The van der Waals surface area contributed by atoms with Gasteiger partial charge in [0.2, 0.25) is 0 Å². The second-order valence-corrected chi connectivity index (χ2v) is 4.64. The van der Waals surface area contributed by atoms with E-state index >= 15 is 0 Å². The zero-order chi connectivity index (χ0) is 15.1. The first-order chi connectivity index (χ1) is 10.2. The number of hydrogen-bond donors (Lipinski definition) is 2. The lowest BCUT2D eigenvalue weighted by Crippen LogP contribution is -2.24. The standard InChI is InChI=1S/C16H18FN3O/c1-2-10-18-15-5-3-4-14(20-15)16(21)19-11-12-6-8-13(17)9-7-12/h3-9H,2,10-11H2,1H3,(H,18,20)(H,19,21). The van der Waals surface area contributed by atoms with Crippen LogP contribution in [0.3, 0.4) is 0 Å². The maximum atomic E-state index is 12.8. The summed E-state index contributed by atoms with van der Waals surface area (Å²) in [5, 5.41) is 5.90. The summed E-state index contributed by atoms with van der Waals surface area (Å²) >= 11 is 0. The van der Waals surface area contributed by atoms with Crippen molar-refractivity contribution >= 4 is 11.7 Å². The van der Waals surface area contributed by atoms with Crippen LogP contribution in [-0.2, 0) is 6.54 Å². The number of anilines is 1. The van der Waals surface area contributed by atoms with Gasteiger partial charge in [-0.15, -0.1) is 0 Å². The van der Waals surface area contributed by atoms with Gasteiger partial charge in [0.1, 0.15) is 17.3 Å². The first-order valence-corrected chi connectivity index (χ1v) is 6.92. The second kappa shape index (κ2) is 7.38. The van der Waals surface area contributed by atoms with Crippen LogP contribution in [0.4, 0.5) is 10.2 Å². The summed E-state index contributed by atoms with van der Waals surface area (Å²) in [5.41, 5.74) is 1.20. The predicted octanol–water partition coefficient (Wildman–Crippen LogP) is 2.97. The van der Waals surface area contributed by atoms with Gasteiger partial charge in [-0.1, -0.05) is 25.1 Å². The highest BCUT2D eigenvalue weighted by molar-refractivity contribution is 5.92. The van der Waals surface area contributed by atoms with Crippen LogP contribution < -0.4 is 10.6 Å². The highest BCUT2D eigenvalue weighted by atomic mass is 19.1. The largest absolute Gasteiger partial charge is 0.370 e. The fraction of sp³-hybridized carbons (Fsp3) is 0.250. The molecule has 0 unspecified atom stereocenters. The smallest absolute Gasteiger partial charge is 0.270 e. The molecule has 0 aliphatic heterocycles. The van der Waals surface area contributed by atoms with Gasteiger partial charge in [-0.3, -0.25) is 4.79 Å². The Morgan fingerprint density at radius 1 is 1.19 bits per heavy atom. The molecule has 0 bridgehead atoms. The van der Waals surface area contributed by atoms with Crippen LogP contribution in [0.15, 0.2) is 42.5 Å². The topological polar surface area (TPSA) is 54.0 Å². The molecule has 4 nitrogen and oxygen atoms in total. The normalized spacial score (nSPS) is 10.2. The summed E-state index contributed by atoms with van der Waals surface area (Å²) in [6.45, 7) is 3.22. The van der Waals surface area contributed by atoms with Gasteiger partial charge < -0.3 is 10.6 Å². The predicted molar refractivity (Wildman–Crippen MR) is 80.6 cm³/mol. The number of nitrogens with zero attached hydrogens (tertiary/aromatic N) is 1. The average molecular weight is 287 g/mol. The van der Waals surface area contributed by atoms with Crippen molar-refractivity contribution in [3.05, 3.63) is 59.5 Å². The van der Waals surface area contributed by atoms with E-state index in [9.17, 15) is 9.18 Å². The molecular weight excluding hydrogens is 269 g/mol. The number of benzene rings is 1. The van der Waals surface area contributed by atoms with Gasteiger partial charge in [-0.05, 0) is 36.2 Å². The summed E-state index contributed by atoms with van der Waals surface area (Å²) in [4.78, 5) is 16.3. The first kappa shape index (κ1) is 15.0. The molecule has 2 rings (SSSR count). The Balaban J connectivity index is 1.95. The number of hydrogen-bond acceptors (Lipinski definition) is 3. The van der Waals surface area contributed by atoms with Crippen molar-refractivity contribution in [2.45, 2.75) is 19.9 Å². The monoisotopic (exact) mass is 287 g/mol. The van der Waals surface area contributed by atoms with Gasteiger partial charge in [-0.25, -0.2) is 9.37 Å². The molecule has 0 radical (unpaired) electrons. The van der Waals surface area contributed by atoms with Crippen LogP contribution >= 0.6 is 0 Å². The summed E-state index contributed by atoms with van der Waals surface area (Å²) < 4.78 is 12.8. The van der Waals surface area contributed by atoms with E-state index in [1.165, 1.54) is 12.1 Å². The van der Waals surface area contributed by atoms with E-state index in [1.54, 1.807) is 24.3 Å². The Hall–Kier alpha value is -2.43. The highest BCUT2D eigenvalue weighted by Gasteiger charge is 2.07. The van der Waals surface area contributed by atoms with Crippen LogP contribution in [0.5, 0.6) is 0 Å². The van der Waals surface area contributed by atoms with Crippen molar-refractivity contribution in [1.29, 1.82) is 0 Å². The van der Waals surface area contributed by atoms with E-state index in [-0.39, 0.29) is 11.7 Å². The van der Waals surface area contributed by atoms with Gasteiger partial charge in [0.25, 0.3) is 5.91 Å². The van der Waals surface area contributed by atoms with Gasteiger partial charge in [0, 0.05) is 13.1 Å². The zero-order valence-corrected chi connectivity index (χ0v) is 11.9. The van der Waals surface area contributed by atoms with E-state index < -0.39 is 0 Å². The van der Waals surface area contributed by atoms with Crippen LogP contribution in [0, 0.1) is 5.82 Å². The van der Waals surface area contributed by atoms with Crippen molar-refractivity contribution in [2.24, 2.45) is 0 Å². The fourth-order valence-corrected chi connectivity index (χ4v) is 1.79. The maximum absolute atomic E-state index is 12.8. The number of halogens is 1. The Bertz CT molecular complexity index is 599. The minimum Gasteiger partial charge on any atom is -0.370 e. The maximum Gasteiger partial charge on any atom is 0.270 e. The number of carbonyl (C=O) groups is 1. The SMILES string of the molecule is CCCNc1cccc(C(=O)NCc2ccc(F)cc2)n1. The summed E-state index contributed by atoms with van der Waals surface area (Å²) in [5.74, 6) is 0.146. The molecule has 21 heavy (non-hydrogen) atoms. The van der Waals surface area contributed by atoms with Crippen molar-refractivity contribution in [2.75, 3.05) is 11.9 Å². The molecule has 2 aromatic rings. The van der Waals surface area contributed by atoms with Gasteiger partial charge >= 0.3 is 0 Å². The molecule has 0 aliphatic rings. The number of rotatable bonds is 6. The number of amides is 1. The third-order valence-electron chi connectivity index (χ3n) is 2.90. The van der Waals surface area contributed by atoms with Crippen LogP contribution in [0.25, 0.3) is 0 Å². The summed E-state index contributed by atoms with van der Waals surface area (Å²) in [7, 11) is 0. The van der Waals surface area contributed by atoms with Crippen LogP contribution in [0.2, 0.25) is 0 Å². The van der Waals surface area contributed by atoms with Crippen molar-refractivity contribution in [3.63, 3.8) is 0 Å². The third-order valence-corrected chi connectivity index (χ3v) is 2.90. The van der Waals surface area contributed by atoms with Crippen LogP contribution in [0.1, 0.15) is 29.4 Å². The first-order valence-electron chi connectivity index (χ1n) is 6.92. The number of aromatic nitrogens is 1. The molecule has 1 amide bonds. The molecule has 0 atom stereocenters. The lowest BCUT2D eigenvalue weighted by atomic mass is 10.2. The van der Waals surface area contributed by atoms with Gasteiger partial charge in [-0.2, -0.15) is 0 Å². The van der Waals surface area contributed by atoms with Crippen molar-refractivity contribution in [3.8, 4) is 0 Å². The van der Waals surface area contributed by atoms with E-state index in [0.717, 1.165) is 18.5 Å². The Morgan fingerprint density at radius 2 is 1.95 bits per heavy atom. The molecule has 1 heterocycles.